The number of likely N-dealkylation sites (N-methyl/N-ethyl adjacent to an activating group) is 1. The van der Waals surface area contributed by atoms with Crippen LogP contribution in [0.2, 0.25) is 0 Å². The van der Waals surface area contributed by atoms with Crippen molar-refractivity contribution in [3.8, 4) is 0 Å². The number of aromatic nitrogens is 2. The van der Waals surface area contributed by atoms with E-state index in [-0.39, 0.29) is 12.5 Å². The van der Waals surface area contributed by atoms with E-state index in [1.807, 2.05) is 13.8 Å². The third-order valence-corrected chi connectivity index (χ3v) is 2.77. The Kier molecular flexibility index (Phi) is 5.18. The summed E-state index contributed by atoms with van der Waals surface area (Å²) < 4.78 is 0.752. The number of carbonyl (C=O) groups is 1. The fraction of sp³-hybridized carbons (Fsp3) is 0.500. The van der Waals surface area contributed by atoms with Crippen LogP contribution in [0.1, 0.15) is 13.8 Å². The lowest BCUT2D eigenvalue weighted by molar-refractivity contribution is -0.128. The third kappa shape index (κ3) is 3.44. The number of rotatable bonds is 5. The SMILES string of the molecule is CCN(CC)C(=O)CNc1ncncc1Br. The molecule has 0 atom stereocenters. The maximum absolute atomic E-state index is 11.7. The zero-order valence-electron chi connectivity index (χ0n) is 9.40. The lowest BCUT2D eigenvalue weighted by Crippen LogP contribution is -2.35. The van der Waals surface area contributed by atoms with E-state index in [0.29, 0.717) is 5.82 Å². The number of hydrogen-bond donors (Lipinski definition) is 1. The average Bonchev–Trinajstić information content (AvgIpc) is 2.29. The van der Waals surface area contributed by atoms with Gasteiger partial charge in [0.05, 0.1) is 11.0 Å². The van der Waals surface area contributed by atoms with Crippen LogP contribution < -0.4 is 5.32 Å². The minimum absolute atomic E-state index is 0.0653. The van der Waals surface area contributed by atoms with Gasteiger partial charge in [-0.1, -0.05) is 0 Å². The Morgan fingerprint density at radius 2 is 2.19 bits per heavy atom. The topological polar surface area (TPSA) is 58.1 Å². The number of amides is 1. The van der Waals surface area contributed by atoms with Crippen molar-refractivity contribution in [3.63, 3.8) is 0 Å². The van der Waals surface area contributed by atoms with Gasteiger partial charge in [-0.25, -0.2) is 9.97 Å². The van der Waals surface area contributed by atoms with E-state index in [0.717, 1.165) is 17.6 Å². The smallest absolute Gasteiger partial charge is 0.241 e. The summed E-state index contributed by atoms with van der Waals surface area (Å²) in [5.74, 6) is 0.700. The van der Waals surface area contributed by atoms with Crippen molar-refractivity contribution in [2.24, 2.45) is 0 Å². The first kappa shape index (κ1) is 12.9. The number of halogens is 1. The molecule has 1 amide bonds. The largest absolute Gasteiger partial charge is 0.360 e. The second-order valence-electron chi connectivity index (χ2n) is 3.14. The second kappa shape index (κ2) is 6.42. The summed E-state index contributed by atoms with van der Waals surface area (Å²) in [5, 5.41) is 2.97. The van der Waals surface area contributed by atoms with Gasteiger partial charge in [0.15, 0.2) is 0 Å². The summed E-state index contributed by atoms with van der Waals surface area (Å²) in [7, 11) is 0. The molecule has 1 rings (SSSR count). The lowest BCUT2D eigenvalue weighted by Gasteiger charge is -2.18. The van der Waals surface area contributed by atoms with Crippen molar-refractivity contribution in [2.45, 2.75) is 13.8 Å². The van der Waals surface area contributed by atoms with Crippen molar-refractivity contribution < 1.29 is 4.79 Å². The molecule has 0 bridgehead atoms. The van der Waals surface area contributed by atoms with E-state index >= 15 is 0 Å². The maximum Gasteiger partial charge on any atom is 0.241 e. The number of carbonyl (C=O) groups excluding carboxylic acids is 1. The van der Waals surface area contributed by atoms with E-state index in [1.165, 1.54) is 6.33 Å². The first-order valence-corrected chi connectivity index (χ1v) is 5.95. The summed E-state index contributed by atoms with van der Waals surface area (Å²) in [6.45, 7) is 5.62. The molecule has 0 aliphatic heterocycles. The highest BCUT2D eigenvalue weighted by Gasteiger charge is 2.09. The van der Waals surface area contributed by atoms with E-state index in [4.69, 9.17) is 0 Å². The predicted octanol–water partition coefficient (Wildman–Crippen LogP) is 1.52. The van der Waals surface area contributed by atoms with Gasteiger partial charge >= 0.3 is 0 Å². The Bertz CT molecular complexity index is 354. The Hall–Kier alpha value is -1.17. The van der Waals surface area contributed by atoms with Crippen molar-refractivity contribution >= 4 is 27.7 Å². The van der Waals surface area contributed by atoms with E-state index in [9.17, 15) is 4.79 Å². The molecule has 0 aromatic carbocycles. The Morgan fingerprint density at radius 3 is 2.75 bits per heavy atom. The molecule has 0 radical (unpaired) electrons. The van der Waals surface area contributed by atoms with Crippen LogP contribution in [0.5, 0.6) is 0 Å². The normalized spacial score (nSPS) is 9.94. The highest BCUT2D eigenvalue weighted by atomic mass is 79.9. The Morgan fingerprint density at radius 1 is 1.50 bits per heavy atom. The molecule has 16 heavy (non-hydrogen) atoms. The Labute approximate surface area is 103 Å². The van der Waals surface area contributed by atoms with Gasteiger partial charge in [0.2, 0.25) is 5.91 Å². The molecule has 1 aromatic heterocycles. The molecule has 0 saturated carbocycles. The van der Waals surface area contributed by atoms with Crippen LogP contribution in [0.25, 0.3) is 0 Å². The fourth-order valence-electron chi connectivity index (χ4n) is 1.29. The first-order valence-electron chi connectivity index (χ1n) is 5.16. The van der Waals surface area contributed by atoms with Gasteiger partial charge in [-0.15, -0.1) is 0 Å². The van der Waals surface area contributed by atoms with Gasteiger partial charge in [0.25, 0.3) is 0 Å². The minimum atomic E-state index is 0.0653. The highest BCUT2D eigenvalue weighted by molar-refractivity contribution is 9.10. The summed E-state index contributed by atoms with van der Waals surface area (Å²) in [6, 6.07) is 0. The molecule has 1 heterocycles. The molecule has 88 valence electrons. The summed E-state index contributed by atoms with van der Waals surface area (Å²) >= 11 is 3.31. The van der Waals surface area contributed by atoms with Crippen LogP contribution >= 0.6 is 15.9 Å². The van der Waals surface area contributed by atoms with Crippen LogP contribution in [0, 0.1) is 0 Å². The molecule has 6 heteroatoms. The molecular formula is C10H15BrN4O. The highest BCUT2D eigenvalue weighted by Crippen LogP contribution is 2.16. The van der Waals surface area contributed by atoms with Gasteiger partial charge in [-0.2, -0.15) is 0 Å². The number of nitrogens with one attached hydrogen (secondary N) is 1. The molecule has 0 spiro atoms. The average molecular weight is 287 g/mol. The molecule has 0 saturated heterocycles. The van der Waals surface area contributed by atoms with E-state index in [1.54, 1.807) is 11.1 Å². The molecular weight excluding hydrogens is 272 g/mol. The summed E-state index contributed by atoms with van der Waals surface area (Å²) in [5.41, 5.74) is 0. The fourth-order valence-corrected chi connectivity index (χ4v) is 1.65. The van der Waals surface area contributed by atoms with Crippen molar-refractivity contribution in [2.75, 3.05) is 25.0 Å². The van der Waals surface area contributed by atoms with Gasteiger partial charge in [-0.3, -0.25) is 4.79 Å². The van der Waals surface area contributed by atoms with Gasteiger partial charge in [-0.05, 0) is 29.8 Å². The van der Waals surface area contributed by atoms with E-state index < -0.39 is 0 Å². The molecule has 0 aliphatic rings. The van der Waals surface area contributed by atoms with Crippen LogP contribution in [0.4, 0.5) is 5.82 Å². The number of hydrogen-bond acceptors (Lipinski definition) is 4. The molecule has 1 aromatic rings. The minimum Gasteiger partial charge on any atom is -0.360 e. The quantitative estimate of drug-likeness (QED) is 0.892. The van der Waals surface area contributed by atoms with Crippen molar-refractivity contribution in [1.29, 1.82) is 0 Å². The molecule has 0 aliphatic carbocycles. The van der Waals surface area contributed by atoms with Crippen LogP contribution in [0.3, 0.4) is 0 Å². The molecule has 0 unspecified atom stereocenters. The predicted molar refractivity (Wildman–Crippen MR) is 66.1 cm³/mol. The first-order chi connectivity index (χ1) is 7.69. The van der Waals surface area contributed by atoms with Crippen molar-refractivity contribution in [3.05, 3.63) is 17.0 Å². The van der Waals surface area contributed by atoms with E-state index in [2.05, 4.69) is 31.2 Å². The zero-order chi connectivity index (χ0) is 12.0. The number of nitrogens with zero attached hydrogens (tertiary/aromatic N) is 3. The lowest BCUT2D eigenvalue weighted by atomic mass is 10.4. The Balaban J connectivity index is 2.52. The zero-order valence-corrected chi connectivity index (χ0v) is 11.0. The second-order valence-corrected chi connectivity index (χ2v) is 3.99. The molecule has 5 nitrogen and oxygen atoms in total. The standard InChI is InChI=1S/C10H15BrN4O/c1-3-15(4-2)9(16)6-13-10-8(11)5-12-7-14-10/h5,7H,3-4,6H2,1-2H3,(H,12,13,14). The molecule has 1 N–H and O–H groups in total. The third-order valence-electron chi connectivity index (χ3n) is 2.19. The van der Waals surface area contributed by atoms with Crippen LogP contribution in [-0.4, -0.2) is 40.4 Å². The van der Waals surface area contributed by atoms with Crippen molar-refractivity contribution in [1.82, 2.24) is 14.9 Å². The molecule has 0 fully saturated rings. The number of anilines is 1. The summed E-state index contributed by atoms with van der Waals surface area (Å²) in [6.07, 6.45) is 3.08. The van der Waals surface area contributed by atoms with Gasteiger partial charge < -0.3 is 10.2 Å². The monoisotopic (exact) mass is 286 g/mol. The van der Waals surface area contributed by atoms with Crippen LogP contribution in [-0.2, 0) is 4.79 Å². The van der Waals surface area contributed by atoms with Crippen LogP contribution in [0.15, 0.2) is 17.0 Å². The van der Waals surface area contributed by atoms with Gasteiger partial charge in [0.1, 0.15) is 12.1 Å². The maximum atomic E-state index is 11.7. The summed E-state index contributed by atoms with van der Waals surface area (Å²) in [4.78, 5) is 21.3. The van der Waals surface area contributed by atoms with Gasteiger partial charge in [0, 0.05) is 19.3 Å².